The van der Waals surface area contributed by atoms with E-state index in [1.807, 2.05) is 24.3 Å². The molecule has 4 rings (SSSR count). The first-order chi connectivity index (χ1) is 14.0. The lowest BCUT2D eigenvalue weighted by Crippen LogP contribution is -2.30. The molecule has 0 spiro atoms. The molecule has 1 heterocycles. The van der Waals surface area contributed by atoms with E-state index in [9.17, 15) is 14.3 Å². The quantitative estimate of drug-likeness (QED) is 0.554. The van der Waals surface area contributed by atoms with Crippen molar-refractivity contribution in [1.29, 1.82) is 0 Å². The Kier molecular flexibility index (Phi) is 5.11. The van der Waals surface area contributed by atoms with Gasteiger partial charge in [0, 0.05) is 15.7 Å². The number of halogens is 2. The number of anilines is 1. The fourth-order valence-corrected chi connectivity index (χ4v) is 3.76. The molecular weight excluding hydrogens is 437 g/mol. The van der Waals surface area contributed by atoms with Crippen molar-refractivity contribution in [2.24, 2.45) is 0 Å². The van der Waals surface area contributed by atoms with Crippen LogP contribution in [0.4, 0.5) is 10.1 Å². The van der Waals surface area contributed by atoms with E-state index in [0.717, 1.165) is 10.0 Å². The number of aliphatic hydroxyl groups excluding tert-OH is 1. The minimum atomic E-state index is -0.561. The van der Waals surface area contributed by atoms with Gasteiger partial charge in [-0.2, -0.15) is 0 Å². The van der Waals surface area contributed by atoms with Gasteiger partial charge < -0.3 is 9.84 Å². The van der Waals surface area contributed by atoms with Crippen molar-refractivity contribution < 1.29 is 19.0 Å². The minimum Gasteiger partial charge on any atom is -0.503 e. The van der Waals surface area contributed by atoms with Crippen LogP contribution < -0.4 is 9.64 Å². The number of hydrogen-bond acceptors (Lipinski definition) is 3. The van der Waals surface area contributed by atoms with E-state index in [0.29, 0.717) is 22.6 Å². The van der Waals surface area contributed by atoms with E-state index in [1.165, 1.54) is 29.2 Å². The van der Waals surface area contributed by atoms with Gasteiger partial charge in [0.15, 0.2) is 5.76 Å². The molecule has 1 amide bonds. The number of nitrogens with zero attached hydrogens (tertiary/aromatic N) is 1. The molecular formula is C23H17BrFNO3. The van der Waals surface area contributed by atoms with Gasteiger partial charge in [-0.3, -0.25) is 9.69 Å². The Morgan fingerprint density at radius 2 is 1.59 bits per heavy atom. The number of carbonyl (C=O) groups is 1. The van der Waals surface area contributed by atoms with Crippen LogP contribution in [0.3, 0.4) is 0 Å². The van der Waals surface area contributed by atoms with Crippen LogP contribution in [0.2, 0.25) is 0 Å². The Labute approximate surface area is 176 Å². The van der Waals surface area contributed by atoms with E-state index < -0.39 is 17.8 Å². The number of rotatable bonds is 4. The van der Waals surface area contributed by atoms with E-state index >= 15 is 0 Å². The highest BCUT2D eigenvalue weighted by Gasteiger charge is 2.41. The summed E-state index contributed by atoms with van der Waals surface area (Å²) in [4.78, 5) is 14.5. The van der Waals surface area contributed by atoms with Crippen LogP contribution in [0.5, 0.6) is 5.75 Å². The Bertz CT molecular complexity index is 1080. The Hall–Kier alpha value is -3.12. The Morgan fingerprint density at radius 3 is 2.17 bits per heavy atom. The first kappa shape index (κ1) is 19.2. The van der Waals surface area contributed by atoms with Crippen LogP contribution in [0, 0.1) is 5.82 Å². The summed E-state index contributed by atoms with van der Waals surface area (Å²) in [5.74, 6) is -0.579. The fourth-order valence-electron chi connectivity index (χ4n) is 3.50. The van der Waals surface area contributed by atoms with Crippen LogP contribution in [0.25, 0.3) is 5.57 Å². The van der Waals surface area contributed by atoms with Gasteiger partial charge in [-0.25, -0.2) is 4.39 Å². The monoisotopic (exact) mass is 453 g/mol. The van der Waals surface area contributed by atoms with E-state index in [1.54, 1.807) is 31.4 Å². The molecule has 1 unspecified atom stereocenters. The van der Waals surface area contributed by atoms with Gasteiger partial charge in [-0.05, 0) is 59.7 Å². The maximum absolute atomic E-state index is 13.4. The molecule has 6 heteroatoms. The molecule has 1 aliphatic rings. The van der Waals surface area contributed by atoms with Crippen LogP contribution in [0.15, 0.2) is 83.0 Å². The molecule has 0 bridgehead atoms. The summed E-state index contributed by atoms with van der Waals surface area (Å²) in [5, 5.41) is 10.8. The number of benzene rings is 3. The fraction of sp³-hybridized carbons (Fsp3) is 0.0870. The number of carbonyl (C=O) groups excluding carboxylic acids is 1. The molecule has 146 valence electrons. The van der Waals surface area contributed by atoms with Crippen molar-refractivity contribution in [2.75, 3.05) is 12.0 Å². The van der Waals surface area contributed by atoms with Crippen molar-refractivity contribution in [1.82, 2.24) is 0 Å². The van der Waals surface area contributed by atoms with Gasteiger partial charge in [0.25, 0.3) is 5.91 Å². The zero-order chi connectivity index (χ0) is 20.5. The van der Waals surface area contributed by atoms with E-state index in [2.05, 4.69) is 15.9 Å². The first-order valence-electron chi connectivity index (χ1n) is 8.91. The molecule has 4 nitrogen and oxygen atoms in total. The normalized spacial score (nSPS) is 16.4. The average Bonchev–Trinajstić information content (AvgIpc) is 3.00. The van der Waals surface area contributed by atoms with Crippen LogP contribution >= 0.6 is 15.9 Å². The zero-order valence-electron chi connectivity index (χ0n) is 15.5. The largest absolute Gasteiger partial charge is 0.503 e. The van der Waals surface area contributed by atoms with Crippen LogP contribution in [-0.4, -0.2) is 18.1 Å². The van der Waals surface area contributed by atoms with Crippen LogP contribution in [-0.2, 0) is 4.79 Å². The number of hydrogen-bond donors (Lipinski definition) is 1. The molecule has 0 aliphatic carbocycles. The van der Waals surface area contributed by atoms with Crippen molar-refractivity contribution in [3.8, 4) is 5.75 Å². The molecule has 1 N–H and O–H groups in total. The standard InChI is InChI=1S/C23H17BrFNO3/c1-29-19-12-4-14(5-13-19)20-21(15-2-6-16(24)7-3-15)26(23(28)22(20)27)18-10-8-17(25)9-11-18/h2-13,21,27H,1H3. The molecule has 0 radical (unpaired) electrons. The first-order valence-corrected chi connectivity index (χ1v) is 9.71. The van der Waals surface area contributed by atoms with Crippen LogP contribution in [0.1, 0.15) is 17.2 Å². The molecule has 3 aromatic carbocycles. The summed E-state index contributed by atoms with van der Waals surface area (Å²) >= 11 is 3.42. The SMILES string of the molecule is COc1ccc(C2=C(O)C(=O)N(c3ccc(F)cc3)C2c2ccc(Br)cc2)cc1. The molecule has 0 saturated carbocycles. The summed E-state index contributed by atoms with van der Waals surface area (Å²) < 4.78 is 19.6. The van der Waals surface area contributed by atoms with E-state index in [-0.39, 0.29) is 5.76 Å². The van der Waals surface area contributed by atoms with Gasteiger partial charge in [0.1, 0.15) is 11.6 Å². The summed E-state index contributed by atoms with van der Waals surface area (Å²) in [5.41, 5.74) is 2.51. The molecule has 0 saturated heterocycles. The highest BCUT2D eigenvalue weighted by Crippen LogP contribution is 2.45. The third-order valence-corrected chi connectivity index (χ3v) is 5.43. The predicted molar refractivity (Wildman–Crippen MR) is 113 cm³/mol. The molecule has 3 aromatic rings. The number of aliphatic hydroxyl groups is 1. The molecule has 1 aliphatic heterocycles. The second-order valence-corrected chi connectivity index (χ2v) is 7.51. The van der Waals surface area contributed by atoms with Crippen molar-refractivity contribution >= 4 is 33.1 Å². The lowest BCUT2D eigenvalue weighted by Gasteiger charge is -2.27. The minimum absolute atomic E-state index is 0.326. The van der Waals surface area contributed by atoms with Gasteiger partial charge in [0.05, 0.1) is 13.2 Å². The smallest absolute Gasteiger partial charge is 0.294 e. The van der Waals surface area contributed by atoms with Gasteiger partial charge >= 0.3 is 0 Å². The third kappa shape index (κ3) is 3.51. The Balaban J connectivity index is 1.87. The second-order valence-electron chi connectivity index (χ2n) is 6.60. The van der Waals surface area contributed by atoms with E-state index in [4.69, 9.17) is 4.74 Å². The maximum Gasteiger partial charge on any atom is 0.294 e. The summed E-state index contributed by atoms with van der Waals surface area (Å²) in [7, 11) is 1.58. The zero-order valence-corrected chi connectivity index (χ0v) is 17.1. The highest BCUT2D eigenvalue weighted by molar-refractivity contribution is 9.10. The average molecular weight is 454 g/mol. The summed E-state index contributed by atoms with van der Waals surface area (Å²) in [6, 6.07) is 19.8. The lowest BCUT2D eigenvalue weighted by molar-refractivity contribution is -0.117. The number of ether oxygens (including phenoxy) is 1. The lowest BCUT2D eigenvalue weighted by atomic mass is 9.93. The topological polar surface area (TPSA) is 49.8 Å². The van der Waals surface area contributed by atoms with Crippen molar-refractivity contribution in [3.63, 3.8) is 0 Å². The molecule has 1 atom stereocenters. The number of methoxy groups -OCH3 is 1. The predicted octanol–water partition coefficient (Wildman–Crippen LogP) is 5.65. The highest BCUT2D eigenvalue weighted by atomic mass is 79.9. The summed E-state index contributed by atoms with van der Waals surface area (Å²) in [6.45, 7) is 0. The van der Waals surface area contributed by atoms with Gasteiger partial charge in [-0.1, -0.05) is 40.2 Å². The van der Waals surface area contributed by atoms with Crippen molar-refractivity contribution in [3.05, 3.63) is 100.0 Å². The second kappa shape index (κ2) is 7.72. The van der Waals surface area contributed by atoms with Crippen molar-refractivity contribution in [2.45, 2.75) is 6.04 Å². The molecule has 29 heavy (non-hydrogen) atoms. The van der Waals surface area contributed by atoms with Gasteiger partial charge in [0.2, 0.25) is 0 Å². The van der Waals surface area contributed by atoms with Gasteiger partial charge in [-0.15, -0.1) is 0 Å². The maximum atomic E-state index is 13.4. The molecule has 0 aromatic heterocycles. The summed E-state index contributed by atoms with van der Waals surface area (Å²) in [6.07, 6.45) is 0. The Morgan fingerprint density at radius 1 is 0.966 bits per heavy atom. The number of amides is 1. The molecule has 0 fully saturated rings. The third-order valence-electron chi connectivity index (χ3n) is 4.90.